The Bertz CT molecular complexity index is 633. The summed E-state index contributed by atoms with van der Waals surface area (Å²) in [5.74, 6) is 0.240. The number of thiophene rings is 1. The second kappa shape index (κ2) is 6.41. The summed E-state index contributed by atoms with van der Waals surface area (Å²) in [6, 6.07) is 3.65. The molecule has 0 aliphatic rings. The number of aryl methyl sites for hydroxylation is 3. The van der Waals surface area contributed by atoms with Crippen LogP contribution < -0.4 is 10.6 Å². The molecule has 0 saturated carbocycles. The molecule has 2 atom stereocenters. The molecule has 0 fully saturated rings. The maximum absolute atomic E-state index is 12.1. The van der Waals surface area contributed by atoms with E-state index in [1.54, 1.807) is 17.4 Å². The number of aromatic nitrogens is 1. The fourth-order valence-electron chi connectivity index (χ4n) is 2.27. The monoisotopic (exact) mass is 307 g/mol. The van der Waals surface area contributed by atoms with Crippen LogP contribution in [-0.2, 0) is 4.79 Å². The lowest BCUT2D eigenvalue weighted by Crippen LogP contribution is -2.39. The minimum Gasteiger partial charge on any atom is -0.338 e. The minimum atomic E-state index is -0.329. The van der Waals surface area contributed by atoms with E-state index in [0.717, 1.165) is 5.69 Å². The zero-order chi connectivity index (χ0) is 15.6. The van der Waals surface area contributed by atoms with Crippen LogP contribution in [0.3, 0.4) is 0 Å². The third-order valence-corrected chi connectivity index (χ3v) is 4.30. The molecule has 0 bridgehead atoms. The highest BCUT2D eigenvalue weighted by molar-refractivity contribution is 7.12. The molecule has 0 saturated heterocycles. The van der Waals surface area contributed by atoms with Crippen LogP contribution in [0, 0.1) is 20.8 Å². The van der Waals surface area contributed by atoms with Crippen molar-refractivity contribution in [3.63, 3.8) is 0 Å². The molecule has 0 unspecified atom stereocenters. The van der Waals surface area contributed by atoms with Crippen LogP contribution in [0.2, 0.25) is 0 Å². The van der Waals surface area contributed by atoms with Crippen molar-refractivity contribution in [2.24, 2.45) is 0 Å². The molecule has 2 aromatic heterocycles. The lowest BCUT2D eigenvalue weighted by Gasteiger charge is -2.19. The van der Waals surface area contributed by atoms with Gasteiger partial charge in [-0.3, -0.25) is 15.4 Å². The molecule has 1 amide bonds. The molecular formula is C15H21N3O2S. The minimum absolute atomic E-state index is 0.118. The second-order valence-corrected chi connectivity index (χ2v) is 6.76. The van der Waals surface area contributed by atoms with Crippen LogP contribution in [-0.4, -0.2) is 17.1 Å². The van der Waals surface area contributed by atoms with E-state index in [1.807, 2.05) is 13.8 Å². The maximum Gasteiger partial charge on any atom is 0.243 e. The van der Waals surface area contributed by atoms with Crippen LogP contribution in [0.15, 0.2) is 16.7 Å². The molecule has 0 radical (unpaired) electrons. The van der Waals surface area contributed by atoms with Gasteiger partial charge in [-0.2, -0.15) is 0 Å². The normalized spacial score (nSPS) is 14.0. The van der Waals surface area contributed by atoms with E-state index in [2.05, 4.69) is 42.6 Å². The van der Waals surface area contributed by atoms with E-state index in [1.165, 1.54) is 15.3 Å². The average molecular weight is 307 g/mol. The number of rotatable bonds is 5. The third kappa shape index (κ3) is 3.92. The number of nitrogens with zero attached hydrogens (tertiary/aromatic N) is 1. The van der Waals surface area contributed by atoms with Gasteiger partial charge in [-0.25, -0.2) is 0 Å². The van der Waals surface area contributed by atoms with E-state index in [4.69, 9.17) is 4.52 Å². The number of hydrogen-bond acceptors (Lipinski definition) is 5. The molecule has 114 valence electrons. The van der Waals surface area contributed by atoms with Gasteiger partial charge >= 0.3 is 0 Å². The molecule has 0 spiro atoms. The Morgan fingerprint density at radius 1 is 1.29 bits per heavy atom. The Morgan fingerprint density at radius 3 is 2.52 bits per heavy atom. The van der Waals surface area contributed by atoms with Gasteiger partial charge in [0, 0.05) is 21.9 Å². The Kier molecular flexibility index (Phi) is 4.80. The number of hydrogen-bond donors (Lipinski definition) is 2. The fraction of sp³-hybridized carbons (Fsp3) is 0.467. The molecule has 2 heterocycles. The number of nitrogens with one attached hydrogen (secondary N) is 2. The summed E-state index contributed by atoms with van der Waals surface area (Å²) in [4.78, 5) is 14.7. The van der Waals surface area contributed by atoms with Gasteiger partial charge in [0.15, 0.2) is 0 Å². The molecule has 0 aromatic carbocycles. The van der Waals surface area contributed by atoms with Crippen molar-refractivity contribution in [1.29, 1.82) is 0 Å². The van der Waals surface area contributed by atoms with Crippen molar-refractivity contribution in [2.45, 2.75) is 46.7 Å². The van der Waals surface area contributed by atoms with Crippen LogP contribution in [0.25, 0.3) is 0 Å². The van der Waals surface area contributed by atoms with Gasteiger partial charge in [0.25, 0.3) is 0 Å². The molecule has 21 heavy (non-hydrogen) atoms. The molecule has 2 N–H and O–H groups in total. The van der Waals surface area contributed by atoms with Gasteiger partial charge in [0.05, 0.1) is 11.7 Å². The van der Waals surface area contributed by atoms with Crippen LogP contribution in [0.1, 0.15) is 40.9 Å². The van der Waals surface area contributed by atoms with Gasteiger partial charge in [0.1, 0.15) is 0 Å². The lowest BCUT2D eigenvalue weighted by molar-refractivity contribution is -0.118. The Labute approximate surface area is 128 Å². The highest BCUT2D eigenvalue weighted by atomic mass is 32.1. The maximum atomic E-state index is 12.1. The first-order valence-electron chi connectivity index (χ1n) is 6.94. The molecule has 0 aliphatic carbocycles. The largest absolute Gasteiger partial charge is 0.338 e. The summed E-state index contributed by atoms with van der Waals surface area (Å²) in [5, 5.41) is 9.76. The molecule has 5 nitrogen and oxygen atoms in total. The van der Waals surface area contributed by atoms with E-state index in [9.17, 15) is 4.79 Å². The van der Waals surface area contributed by atoms with E-state index >= 15 is 0 Å². The molecule has 2 rings (SSSR count). The molecule has 2 aromatic rings. The van der Waals surface area contributed by atoms with Crippen LogP contribution in [0.5, 0.6) is 0 Å². The fourth-order valence-corrected chi connectivity index (χ4v) is 3.30. The predicted molar refractivity (Wildman–Crippen MR) is 84.7 cm³/mol. The first-order chi connectivity index (χ1) is 9.86. The van der Waals surface area contributed by atoms with E-state index < -0.39 is 0 Å². The number of amides is 1. The smallest absolute Gasteiger partial charge is 0.243 e. The first kappa shape index (κ1) is 15.7. The Balaban J connectivity index is 1.95. The van der Waals surface area contributed by atoms with Crippen molar-refractivity contribution in [1.82, 2.24) is 10.5 Å². The highest BCUT2D eigenvalue weighted by Crippen LogP contribution is 2.26. The predicted octanol–water partition coefficient (Wildman–Crippen LogP) is 3.34. The van der Waals surface area contributed by atoms with Crippen molar-refractivity contribution < 1.29 is 9.32 Å². The van der Waals surface area contributed by atoms with Gasteiger partial charge in [-0.15, -0.1) is 11.3 Å². The zero-order valence-corrected chi connectivity index (χ0v) is 13.8. The second-order valence-electron chi connectivity index (χ2n) is 5.30. The van der Waals surface area contributed by atoms with Gasteiger partial charge in [-0.1, -0.05) is 5.16 Å². The summed E-state index contributed by atoms with van der Waals surface area (Å²) in [6.07, 6.45) is 0. The summed E-state index contributed by atoms with van der Waals surface area (Å²) in [5.41, 5.74) is 1.98. The van der Waals surface area contributed by atoms with Crippen molar-refractivity contribution in [2.75, 3.05) is 5.32 Å². The Morgan fingerprint density at radius 2 is 2.00 bits per heavy atom. The topological polar surface area (TPSA) is 67.2 Å². The zero-order valence-electron chi connectivity index (χ0n) is 13.0. The summed E-state index contributed by atoms with van der Waals surface area (Å²) < 4.78 is 4.99. The van der Waals surface area contributed by atoms with Crippen molar-refractivity contribution >= 4 is 23.1 Å². The van der Waals surface area contributed by atoms with Crippen molar-refractivity contribution in [3.8, 4) is 0 Å². The van der Waals surface area contributed by atoms with Crippen LogP contribution >= 0.6 is 11.3 Å². The summed E-state index contributed by atoms with van der Waals surface area (Å²) in [6.45, 7) is 9.91. The standard InChI is InChI=1S/C15H21N3O2S/c1-8-6-14(20-18-8)17-15(19)11(4)16-10(3)13-7-9(2)21-12(13)5/h6-7,10-11,16H,1-5H3,(H,17,19)/t10-,11+/m1/s1. The Hall–Kier alpha value is -1.66. The summed E-state index contributed by atoms with van der Waals surface area (Å²) >= 11 is 1.77. The van der Waals surface area contributed by atoms with Gasteiger partial charge < -0.3 is 4.52 Å². The SMILES string of the molecule is Cc1cc(NC(=O)[C@H](C)N[C@H](C)c2cc(C)sc2C)on1. The van der Waals surface area contributed by atoms with Gasteiger partial charge in [-0.05, 0) is 46.2 Å². The van der Waals surface area contributed by atoms with Gasteiger partial charge in [0.2, 0.25) is 11.8 Å². The number of carbonyl (C=O) groups excluding carboxylic acids is 1. The van der Waals surface area contributed by atoms with Crippen LogP contribution in [0.4, 0.5) is 5.88 Å². The van der Waals surface area contributed by atoms with E-state index in [0.29, 0.717) is 5.88 Å². The first-order valence-corrected chi connectivity index (χ1v) is 7.75. The molecule has 0 aliphatic heterocycles. The lowest BCUT2D eigenvalue weighted by atomic mass is 10.1. The summed E-state index contributed by atoms with van der Waals surface area (Å²) in [7, 11) is 0. The number of anilines is 1. The molecular weight excluding hydrogens is 286 g/mol. The van der Waals surface area contributed by atoms with Crippen molar-refractivity contribution in [3.05, 3.63) is 33.1 Å². The van der Waals surface area contributed by atoms with E-state index in [-0.39, 0.29) is 18.0 Å². The molecule has 6 heteroatoms. The number of carbonyl (C=O) groups is 1. The third-order valence-electron chi connectivity index (χ3n) is 3.31. The quantitative estimate of drug-likeness (QED) is 0.889. The highest BCUT2D eigenvalue weighted by Gasteiger charge is 2.19. The average Bonchev–Trinajstić information content (AvgIpc) is 2.95.